The number of fused-ring (bicyclic) bond motifs is 1. The quantitative estimate of drug-likeness (QED) is 0.545. The van der Waals surface area contributed by atoms with Gasteiger partial charge in [-0.25, -0.2) is 0 Å². The highest BCUT2D eigenvalue weighted by molar-refractivity contribution is 7.71. The molecule has 3 heterocycles. The Bertz CT molecular complexity index is 1150. The molecule has 0 spiro atoms. The molecule has 0 aliphatic carbocycles. The Morgan fingerprint density at radius 1 is 0.964 bits per heavy atom. The zero-order chi connectivity index (χ0) is 18.9. The summed E-state index contributed by atoms with van der Waals surface area (Å²) in [4.78, 5) is 1.46. The van der Waals surface area contributed by atoms with E-state index in [0.29, 0.717) is 10.5 Å². The summed E-state index contributed by atoms with van der Waals surface area (Å²) in [6, 6.07) is 22.6. The monoisotopic (exact) mass is 389 g/mol. The van der Waals surface area contributed by atoms with Crippen LogP contribution in [0, 0.1) is 4.77 Å². The lowest BCUT2D eigenvalue weighted by Gasteiger charge is -2.25. The summed E-state index contributed by atoms with van der Waals surface area (Å²) in [6.45, 7) is 2.81. The van der Waals surface area contributed by atoms with Crippen LogP contribution in [0.1, 0.15) is 11.1 Å². The van der Waals surface area contributed by atoms with Gasteiger partial charge in [-0.2, -0.15) is 4.68 Å². The van der Waals surface area contributed by atoms with E-state index in [9.17, 15) is 0 Å². The molecule has 28 heavy (non-hydrogen) atoms. The standard InChI is InChI=1S/C22H20N4OS/c28-22-25(16-24-13-12-17-7-4-5-8-18(17)15-24)23-21(20-11-6-14-27-20)26(22)19-9-2-1-3-10-19/h1-11,14H,12-13,15-16H2/p+1. The van der Waals surface area contributed by atoms with Crippen LogP contribution in [-0.2, 0) is 19.6 Å². The van der Waals surface area contributed by atoms with E-state index < -0.39 is 0 Å². The molecule has 0 amide bonds. The zero-order valence-corrected chi connectivity index (χ0v) is 16.2. The lowest BCUT2D eigenvalue weighted by atomic mass is 10.0. The minimum absolute atomic E-state index is 0.684. The molecule has 140 valence electrons. The molecule has 0 fully saturated rings. The fourth-order valence-corrected chi connectivity index (χ4v) is 4.17. The second kappa shape index (κ2) is 7.22. The molecule has 1 N–H and O–H groups in total. The van der Waals surface area contributed by atoms with Gasteiger partial charge in [-0.1, -0.05) is 42.5 Å². The number of rotatable bonds is 4. The third-order valence-corrected chi connectivity index (χ3v) is 5.67. The molecule has 5 nitrogen and oxygen atoms in total. The average Bonchev–Trinajstić information content (AvgIpc) is 3.37. The van der Waals surface area contributed by atoms with Crippen LogP contribution in [-0.4, -0.2) is 20.9 Å². The minimum Gasteiger partial charge on any atom is -0.461 e. The van der Waals surface area contributed by atoms with Gasteiger partial charge in [0.2, 0.25) is 10.6 Å². The van der Waals surface area contributed by atoms with Crippen LogP contribution in [0.5, 0.6) is 0 Å². The molecule has 4 aromatic rings. The number of hydrogen-bond donors (Lipinski definition) is 1. The average molecular weight is 390 g/mol. The summed E-state index contributed by atoms with van der Waals surface area (Å²) in [6.07, 6.45) is 2.75. The highest BCUT2D eigenvalue weighted by Gasteiger charge is 2.22. The first-order valence-electron chi connectivity index (χ1n) is 9.49. The Balaban J connectivity index is 1.52. The molecule has 1 aliphatic rings. The third kappa shape index (κ3) is 3.10. The summed E-state index contributed by atoms with van der Waals surface area (Å²) in [5, 5.41) is 4.84. The molecule has 5 rings (SSSR count). The van der Waals surface area contributed by atoms with Gasteiger partial charge in [-0.3, -0.25) is 4.57 Å². The molecule has 1 atom stereocenters. The summed E-state index contributed by atoms with van der Waals surface area (Å²) < 4.78 is 10.2. The Labute approximate surface area is 168 Å². The van der Waals surface area contributed by atoms with E-state index in [-0.39, 0.29) is 0 Å². The van der Waals surface area contributed by atoms with Crippen molar-refractivity contribution in [1.29, 1.82) is 0 Å². The van der Waals surface area contributed by atoms with E-state index in [4.69, 9.17) is 21.7 Å². The van der Waals surface area contributed by atoms with Gasteiger partial charge in [-0.15, -0.1) is 5.10 Å². The summed E-state index contributed by atoms with van der Waals surface area (Å²) >= 11 is 5.82. The van der Waals surface area contributed by atoms with Crippen molar-refractivity contribution in [2.75, 3.05) is 6.54 Å². The summed E-state index contributed by atoms with van der Waals surface area (Å²) in [5.41, 5.74) is 3.87. The fourth-order valence-electron chi connectivity index (χ4n) is 3.88. The number of hydrogen-bond acceptors (Lipinski definition) is 3. The van der Waals surface area contributed by atoms with Gasteiger partial charge in [0.1, 0.15) is 6.54 Å². The Morgan fingerprint density at radius 2 is 1.75 bits per heavy atom. The number of aromatic nitrogens is 3. The van der Waals surface area contributed by atoms with Crippen molar-refractivity contribution in [3.8, 4) is 17.3 Å². The lowest BCUT2D eigenvalue weighted by Crippen LogP contribution is -3.11. The Morgan fingerprint density at radius 3 is 2.54 bits per heavy atom. The number of nitrogens with zero attached hydrogens (tertiary/aromatic N) is 3. The highest BCUT2D eigenvalue weighted by Crippen LogP contribution is 2.22. The van der Waals surface area contributed by atoms with Gasteiger partial charge in [0.15, 0.2) is 12.4 Å². The maximum atomic E-state index is 5.82. The Hall–Kier alpha value is -2.96. The number of furan rings is 1. The number of quaternary nitrogens is 1. The number of benzene rings is 2. The molecular weight excluding hydrogens is 368 g/mol. The molecule has 0 saturated carbocycles. The van der Waals surface area contributed by atoms with Crippen LogP contribution >= 0.6 is 12.2 Å². The molecule has 0 saturated heterocycles. The number of nitrogens with one attached hydrogen (secondary N) is 1. The van der Waals surface area contributed by atoms with Crippen molar-refractivity contribution in [3.05, 3.63) is 88.9 Å². The molecular formula is C22H21N4OS+. The fraction of sp³-hybridized carbons (Fsp3) is 0.182. The maximum Gasteiger partial charge on any atom is 0.207 e. The van der Waals surface area contributed by atoms with E-state index >= 15 is 0 Å². The summed E-state index contributed by atoms with van der Waals surface area (Å²) in [5.74, 6) is 1.45. The van der Waals surface area contributed by atoms with Gasteiger partial charge in [0.25, 0.3) is 0 Å². The van der Waals surface area contributed by atoms with Crippen molar-refractivity contribution in [1.82, 2.24) is 14.3 Å². The first kappa shape index (κ1) is 17.2. The molecule has 0 radical (unpaired) electrons. The van der Waals surface area contributed by atoms with Crippen LogP contribution in [0.4, 0.5) is 0 Å². The first-order valence-corrected chi connectivity index (χ1v) is 9.90. The van der Waals surface area contributed by atoms with E-state index in [1.807, 2.05) is 51.7 Å². The molecule has 1 aliphatic heterocycles. The van der Waals surface area contributed by atoms with Crippen molar-refractivity contribution < 1.29 is 9.32 Å². The van der Waals surface area contributed by atoms with Crippen LogP contribution < -0.4 is 4.90 Å². The molecule has 6 heteroatoms. The zero-order valence-electron chi connectivity index (χ0n) is 15.4. The van der Waals surface area contributed by atoms with Gasteiger partial charge in [-0.05, 0) is 42.0 Å². The van der Waals surface area contributed by atoms with Gasteiger partial charge >= 0.3 is 0 Å². The second-order valence-corrected chi connectivity index (χ2v) is 7.47. The van der Waals surface area contributed by atoms with E-state index in [1.165, 1.54) is 16.0 Å². The van der Waals surface area contributed by atoms with Gasteiger partial charge in [0, 0.05) is 12.0 Å². The lowest BCUT2D eigenvalue weighted by molar-refractivity contribution is -0.939. The normalized spacial score (nSPS) is 16.1. The van der Waals surface area contributed by atoms with E-state index in [1.54, 1.807) is 6.26 Å². The maximum absolute atomic E-state index is 5.82. The van der Waals surface area contributed by atoms with Crippen LogP contribution in [0.2, 0.25) is 0 Å². The van der Waals surface area contributed by atoms with Crippen LogP contribution in [0.25, 0.3) is 17.3 Å². The molecule has 2 aromatic carbocycles. The molecule has 2 aromatic heterocycles. The highest BCUT2D eigenvalue weighted by atomic mass is 32.1. The van der Waals surface area contributed by atoms with Crippen molar-refractivity contribution in [2.24, 2.45) is 0 Å². The predicted molar refractivity (Wildman–Crippen MR) is 110 cm³/mol. The minimum atomic E-state index is 0.684. The van der Waals surface area contributed by atoms with E-state index in [2.05, 4.69) is 24.3 Å². The van der Waals surface area contributed by atoms with Gasteiger partial charge < -0.3 is 9.32 Å². The third-order valence-electron chi connectivity index (χ3n) is 5.28. The molecule has 1 unspecified atom stereocenters. The first-order chi connectivity index (χ1) is 13.8. The number of para-hydroxylation sites is 1. The SMILES string of the molecule is S=c1n(C[NH+]2CCc3ccccc3C2)nc(-c2ccco2)n1-c1ccccc1. The largest absolute Gasteiger partial charge is 0.461 e. The van der Waals surface area contributed by atoms with Crippen molar-refractivity contribution in [3.63, 3.8) is 0 Å². The second-order valence-electron chi connectivity index (χ2n) is 7.11. The predicted octanol–water partition coefficient (Wildman–Crippen LogP) is 3.26. The smallest absolute Gasteiger partial charge is 0.207 e. The van der Waals surface area contributed by atoms with E-state index in [0.717, 1.165) is 37.7 Å². The van der Waals surface area contributed by atoms with Crippen molar-refractivity contribution >= 4 is 12.2 Å². The summed E-state index contributed by atoms with van der Waals surface area (Å²) in [7, 11) is 0. The topological polar surface area (TPSA) is 40.3 Å². The van der Waals surface area contributed by atoms with Gasteiger partial charge in [0.05, 0.1) is 18.5 Å². The molecule has 0 bridgehead atoms. The van der Waals surface area contributed by atoms with Crippen LogP contribution in [0.3, 0.4) is 0 Å². The Kier molecular flexibility index (Phi) is 4.43. The van der Waals surface area contributed by atoms with Crippen molar-refractivity contribution in [2.45, 2.75) is 19.6 Å². The van der Waals surface area contributed by atoms with Crippen LogP contribution in [0.15, 0.2) is 77.4 Å².